The third kappa shape index (κ3) is 3.71. The van der Waals surface area contributed by atoms with Gasteiger partial charge in [-0.1, -0.05) is 25.7 Å². The second-order valence-corrected chi connectivity index (χ2v) is 5.97. The molecule has 18 heavy (non-hydrogen) atoms. The molecule has 0 aromatic heterocycles. The summed E-state index contributed by atoms with van der Waals surface area (Å²) in [6.07, 6.45) is 10.9. The third-order valence-corrected chi connectivity index (χ3v) is 4.65. The van der Waals surface area contributed by atoms with Gasteiger partial charge in [-0.25, -0.2) is 0 Å². The third-order valence-electron chi connectivity index (χ3n) is 4.65. The van der Waals surface area contributed by atoms with E-state index in [2.05, 4.69) is 10.2 Å². The minimum absolute atomic E-state index is 0.314. The van der Waals surface area contributed by atoms with E-state index in [0.717, 1.165) is 32.4 Å². The molecule has 1 aliphatic carbocycles. The molecule has 1 amide bonds. The van der Waals surface area contributed by atoms with Gasteiger partial charge >= 0.3 is 0 Å². The Morgan fingerprint density at radius 2 is 1.67 bits per heavy atom. The molecule has 0 aromatic carbocycles. The van der Waals surface area contributed by atoms with Gasteiger partial charge in [-0.3, -0.25) is 4.79 Å². The van der Waals surface area contributed by atoms with Crippen molar-refractivity contribution >= 4 is 5.91 Å². The van der Waals surface area contributed by atoms with Gasteiger partial charge in [0.2, 0.25) is 5.91 Å². The molecule has 1 saturated heterocycles. The Morgan fingerprint density at radius 3 is 2.39 bits per heavy atom. The smallest absolute Gasteiger partial charge is 0.225 e. The van der Waals surface area contributed by atoms with Gasteiger partial charge in [0.1, 0.15) is 0 Å². The monoisotopic (exact) mass is 252 g/mol. The molecule has 1 unspecified atom stereocenters. The highest BCUT2D eigenvalue weighted by molar-refractivity contribution is 5.78. The van der Waals surface area contributed by atoms with E-state index >= 15 is 0 Å². The molecule has 3 nitrogen and oxygen atoms in total. The first kappa shape index (κ1) is 13.9. The number of amides is 1. The molecular weight excluding hydrogens is 224 g/mol. The maximum Gasteiger partial charge on any atom is 0.225 e. The molecule has 3 heteroatoms. The molecule has 1 N–H and O–H groups in total. The number of hydrogen-bond acceptors (Lipinski definition) is 2. The molecule has 104 valence electrons. The summed E-state index contributed by atoms with van der Waals surface area (Å²) in [4.78, 5) is 14.6. The van der Waals surface area contributed by atoms with Crippen LogP contribution in [0.25, 0.3) is 0 Å². The number of hydrogen-bond donors (Lipinski definition) is 1. The zero-order chi connectivity index (χ0) is 12.8. The zero-order valence-electron chi connectivity index (χ0n) is 11.8. The lowest BCUT2D eigenvalue weighted by Gasteiger charge is -2.30. The van der Waals surface area contributed by atoms with Gasteiger partial charge in [-0.15, -0.1) is 0 Å². The van der Waals surface area contributed by atoms with Crippen LogP contribution in [0.4, 0.5) is 0 Å². The van der Waals surface area contributed by atoms with Gasteiger partial charge < -0.3 is 10.2 Å². The van der Waals surface area contributed by atoms with Crippen molar-refractivity contribution in [1.29, 1.82) is 0 Å². The van der Waals surface area contributed by atoms with Gasteiger partial charge in [-0.05, 0) is 45.2 Å². The van der Waals surface area contributed by atoms with Crippen molar-refractivity contribution in [2.24, 2.45) is 5.92 Å². The van der Waals surface area contributed by atoms with Gasteiger partial charge in [0, 0.05) is 19.0 Å². The van der Waals surface area contributed by atoms with Crippen LogP contribution in [0.3, 0.4) is 0 Å². The zero-order valence-corrected chi connectivity index (χ0v) is 11.8. The molecular formula is C15H28N2O. The SMILES string of the molecule is CN(C(=O)C1CCCCCC1)C1CCCNCC1. The predicted octanol–water partition coefficient (Wildman–Crippen LogP) is 2.56. The van der Waals surface area contributed by atoms with Crippen molar-refractivity contribution in [3.05, 3.63) is 0 Å². The average molecular weight is 252 g/mol. The predicted molar refractivity (Wildman–Crippen MR) is 74.5 cm³/mol. The topological polar surface area (TPSA) is 32.3 Å². The van der Waals surface area contributed by atoms with Crippen molar-refractivity contribution in [2.75, 3.05) is 20.1 Å². The normalized spacial score (nSPS) is 27.3. The largest absolute Gasteiger partial charge is 0.342 e. The summed E-state index contributed by atoms with van der Waals surface area (Å²) in [7, 11) is 2.03. The highest BCUT2D eigenvalue weighted by Crippen LogP contribution is 2.26. The van der Waals surface area contributed by atoms with Crippen LogP contribution in [0.2, 0.25) is 0 Å². The molecule has 2 aliphatic rings. The summed E-state index contributed by atoms with van der Waals surface area (Å²) >= 11 is 0. The summed E-state index contributed by atoms with van der Waals surface area (Å²) in [5.74, 6) is 0.734. The highest BCUT2D eigenvalue weighted by atomic mass is 16.2. The fraction of sp³-hybridized carbons (Fsp3) is 0.933. The van der Waals surface area contributed by atoms with Gasteiger partial charge in [-0.2, -0.15) is 0 Å². The minimum Gasteiger partial charge on any atom is -0.342 e. The standard InChI is InChI=1S/C15H28N2O/c1-17(14-9-6-11-16-12-10-14)15(18)13-7-4-2-3-5-8-13/h13-14,16H,2-12H2,1H3. The molecule has 2 rings (SSSR count). The fourth-order valence-electron chi connectivity index (χ4n) is 3.38. The van der Waals surface area contributed by atoms with Crippen LogP contribution in [0, 0.1) is 5.92 Å². The van der Waals surface area contributed by atoms with Crippen LogP contribution in [0.15, 0.2) is 0 Å². The van der Waals surface area contributed by atoms with Gasteiger partial charge in [0.15, 0.2) is 0 Å². The molecule has 1 atom stereocenters. The Kier molecular flexibility index (Phi) is 5.48. The van der Waals surface area contributed by atoms with E-state index in [-0.39, 0.29) is 0 Å². The number of carbonyl (C=O) groups is 1. The van der Waals surface area contributed by atoms with Crippen LogP contribution >= 0.6 is 0 Å². The summed E-state index contributed by atoms with van der Waals surface area (Å²) in [6.45, 7) is 2.18. The Bertz CT molecular complexity index is 251. The molecule has 1 saturated carbocycles. The highest BCUT2D eigenvalue weighted by Gasteiger charge is 2.27. The Hall–Kier alpha value is -0.570. The van der Waals surface area contributed by atoms with E-state index < -0.39 is 0 Å². The fourth-order valence-corrected chi connectivity index (χ4v) is 3.38. The average Bonchev–Trinajstić information content (AvgIpc) is 2.81. The van der Waals surface area contributed by atoms with Crippen LogP contribution in [-0.4, -0.2) is 37.0 Å². The second kappa shape index (κ2) is 7.13. The van der Waals surface area contributed by atoms with Crippen LogP contribution in [0.1, 0.15) is 57.8 Å². The molecule has 0 bridgehead atoms. The first-order valence-corrected chi connectivity index (χ1v) is 7.76. The Labute approximate surface area is 111 Å². The lowest BCUT2D eigenvalue weighted by atomic mass is 9.97. The van der Waals surface area contributed by atoms with E-state index in [1.165, 1.54) is 38.5 Å². The van der Waals surface area contributed by atoms with E-state index in [1.54, 1.807) is 0 Å². The van der Waals surface area contributed by atoms with Gasteiger partial charge in [0.05, 0.1) is 0 Å². The Morgan fingerprint density at radius 1 is 0.944 bits per heavy atom. The molecule has 2 fully saturated rings. The maximum absolute atomic E-state index is 12.6. The Balaban J connectivity index is 1.89. The lowest BCUT2D eigenvalue weighted by Crippen LogP contribution is -2.41. The number of carbonyl (C=O) groups excluding carboxylic acids is 1. The van der Waals surface area contributed by atoms with E-state index in [9.17, 15) is 4.79 Å². The van der Waals surface area contributed by atoms with Crippen molar-refractivity contribution < 1.29 is 4.79 Å². The molecule has 0 aromatic rings. The van der Waals surface area contributed by atoms with Crippen LogP contribution in [-0.2, 0) is 4.79 Å². The first-order chi connectivity index (χ1) is 8.79. The van der Waals surface area contributed by atoms with Crippen molar-refractivity contribution in [2.45, 2.75) is 63.8 Å². The van der Waals surface area contributed by atoms with E-state index in [1.807, 2.05) is 7.05 Å². The molecule has 0 spiro atoms. The number of rotatable bonds is 2. The first-order valence-electron chi connectivity index (χ1n) is 7.76. The maximum atomic E-state index is 12.6. The van der Waals surface area contributed by atoms with E-state index in [4.69, 9.17) is 0 Å². The minimum atomic E-state index is 0.314. The van der Waals surface area contributed by atoms with E-state index in [0.29, 0.717) is 17.9 Å². The summed E-state index contributed by atoms with van der Waals surface area (Å²) in [6, 6.07) is 0.468. The summed E-state index contributed by atoms with van der Waals surface area (Å²) < 4.78 is 0. The molecule has 0 radical (unpaired) electrons. The molecule has 1 heterocycles. The molecule has 1 aliphatic heterocycles. The van der Waals surface area contributed by atoms with Crippen LogP contribution in [0.5, 0.6) is 0 Å². The van der Waals surface area contributed by atoms with Gasteiger partial charge in [0.25, 0.3) is 0 Å². The van der Waals surface area contributed by atoms with Crippen LogP contribution < -0.4 is 5.32 Å². The number of nitrogens with zero attached hydrogens (tertiary/aromatic N) is 1. The van der Waals surface area contributed by atoms with Crippen molar-refractivity contribution in [1.82, 2.24) is 10.2 Å². The number of nitrogens with one attached hydrogen (secondary N) is 1. The van der Waals surface area contributed by atoms with Crippen molar-refractivity contribution in [3.8, 4) is 0 Å². The quantitative estimate of drug-likeness (QED) is 0.766. The summed E-state index contributed by atoms with van der Waals surface area (Å²) in [5.41, 5.74) is 0. The lowest BCUT2D eigenvalue weighted by molar-refractivity contribution is -0.137. The summed E-state index contributed by atoms with van der Waals surface area (Å²) in [5, 5.41) is 3.42. The second-order valence-electron chi connectivity index (χ2n) is 5.97. The van der Waals surface area contributed by atoms with Crippen molar-refractivity contribution in [3.63, 3.8) is 0 Å².